The van der Waals surface area contributed by atoms with Gasteiger partial charge in [0.1, 0.15) is 30.5 Å². The first-order valence-corrected chi connectivity index (χ1v) is 7.65. The number of aliphatic hydroxyl groups is 1. The van der Waals surface area contributed by atoms with E-state index in [1.54, 1.807) is 24.3 Å². The lowest BCUT2D eigenvalue weighted by atomic mass is 10.1. The van der Waals surface area contributed by atoms with E-state index in [0.717, 1.165) is 5.56 Å². The average Bonchev–Trinajstić information content (AvgIpc) is 2.60. The van der Waals surface area contributed by atoms with Crippen LogP contribution in [0.5, 0.6) is 11.5 Å². The molecule has 0 saturated carbocycles. The zero-order valence-corrected chi connectivity index (χ0v) is 13.2. The summed E-state index contributed by atoms with van der Waals surface area (Å²) in [6, 6.07) is 13.0. The number of nitrogens with one attached hydrogen (secondary N) is 1. The Morgan fingerprint density at radius 3 is 2.04 bits per heavy atom. The lowest BCUT2D eigenvalue weighted by Gasteiger charge is -2.09. The molecular formula is C18H20FNO4. The second-order valence-corrected chi connectivity index (χ2v) is 5.05. The molecule has 0 aliphatic carbocycles. The molecular weight excluding hydrogens is 313 g/mol. The zero-order chi connectivity index (χ0) is 17.2. The number of ether oxygens (including phenoxy) is 2. The predicted octanol–water partition coefficient (Wildman–Crippen LogP) is 1.93. The Kier molecular flexibility index (Phi) is 7.04. The third-order valence-corrected chi connectivity index (χ3v) is 3.16. The molecule has 0 fully saturated rings. The van der Waals surface area contributed by atoms with Crippen LogP contribution in [0.4, 0.5) is 4.39 Å². The summed E-state index contributed by atoms with van der Waals surface area (Å²) in [5.41, 5.74) is 0.861. The summed E-state index contributed by atoms with van der Waals surface area (Å²) in [4.78, 5) is 11.5. The van der Waals surface area contributed by atoms with E-state index in [1.807, 2.05) is 12.1 Å². The molecule has 2 aromatic carbocycles. The van der Waals surface area contributed by atoms with Crippen LogP contribution in [-0.2, 0) is 11.2 Å². The third-order valence-electron chi connectivity index (χ3n) is 3.16. The Labute approximate surface area is 140 Å². The molecule has 5 nitrogen and oxygen atoms in total. The maximum atomic E-state index is 12.8. The van der Waals surface area contributed by atoms with Crippen LogP contribution in [-0.4, -0.2) is 37.4 Å². The Balaban J connectivity index is 1.69. The van der Waals surface area contributed by atoms with Crippen LogP contribution in [0.2, 0.25) is 0 Å². The molecule has 0 atom stereocenters. The second kappa shape index (κ2) is 9.52. The van der Waals surface area contributed by atoms with Crippen LogP contribution >= 0.6 is 0 Å². The quantitative estimate of drug-likeness (QED) is 0.688. The molecule has 128 valence electrons. The van der Waals surface area contributed by atoms with Crippen molar-refractivity contribution >= 4 is 5.91 Å². The van der Waals surface area contributed by atoms with Gasteiger partial charge in [-0.15, -0.1) is 0 Å². The predicted molar refractivity (Wildman–Crippen MR) is 87.6 cm³/mol. The van der Waals surface area contributed by atoms with Crippen LogP contribution in [0.25, 0.3) is 0 Å². The summed E-state index contributed by atoms with van der Waals surface area (Å²) in [7, 11) is 0. The van der Waals surface area contributed by atoms with E-state index < -0.39 is 0 Å². The number of hydrogen-bond acceptors (Lipinski definition) is 4. The van der Waals surface area contributed by atoms with Gasteiger partial charge in [0.15, 0.2) is 0 Å². The molecule has 0 bridgehead atoms. The minimum Gasteiger partial charge on any atom is -0.490 e. The fourth-order valence-electron chi connectivity index (χ4n) is 2.00. The second-order valence-electron chi connectivity index (χ2n) is 5.05. The van der Waals surface area contributed by atoms with Crippen molar-refractivity contribution in [3.05, 3.63) is 59.9 Å². The van der Waals surface area contributed by atoms with Gasteiger partial charge < -0.3 is 19.9 Å². The van der Waals surface area contributed by atoms with Gasteiger partial charge in [0, 0.05) is 6.54 Å². The Morgan fingerprint density at radius 1 is 0.958 bits per heavy atom. The third kappa shape index (κ3) is 6.26. The Bertz CT molecular complexity index is 628. The van der Waals surface area contributed by atoms with Crippen LogP contribution < -0.4 is 14.8 Å². The van der Waals surface area contributed by atoms with E-state index in [2.05, 4.69) is 5.32 Å². The lowest BCUT2D eigenvalue weighted by molar-refractivity contribution is -0.120. The van der Waals surface area contributed by atoms with Crippen molar-refractivity contribution in [2.24, 2.45) is 0 Å². The van der Waals surface area contributed by atoms with Crippen molar-refractivity contribution in [2.75, 3.05) is 26.4 Å². The zero-order valence-electron chi connectivity index (χ0n) is 13.2. The smallest absolute Gasteiger partial charge is 0.224 e. The first-order valence-electron chi connectivity index (χ1n) is 7.65. The maximum absolute atomic E-state index is 12.8. The number of aliphatic hydroxyl groups excluding tert-OH is 1. The number of amides is 1. The molecule has 6 heteroatoms. The SMILES string of the molecule is O=C(Cc1ccc(OCCOc2ccc(F)cc2)cc1)NCCO. The van der Waals surface area contributed by atoms with Crippen LogP contribution in [0.3, 0.4) is 0 Å². The summed E-state index contributed by atoms with van der Waals surface area (Å²) < 4.78 is 23.7. The standard InChI is InChI=1S/C18H20FNO4/c19-15-3-7-17(8-4-15)24-12-11-23-16-5-1-14(2-6-16)13-18(22)20-9-10-21/h1-8,21H,9-13H2,(H,20,22). The molecule has 0 radical (unpaired) electrons. The molecule has 0 heterocycles. The van der Waals surface area contributed by atoms with Crippen molar-refractivity contribution < 1.29 is 23.8 Å². The van der Waals surface area contributed by atoms with Gasteiger partial charge in [-0.25, -0.2) is 4.39 Å². The fourth-order valence-corrected chi connectivity index (χ4v) is 2.00. The number of carbonyl (C=O) groups excluding carboxylic acids is 1. The fraction of sp³-hybridized carbons (Fsp3) is 0.278. The molecule has 2 rings (SSSR count). The highest BCUT2D eigenvalue weighted by Gasteiger charge is 2.03. The van der Waals surface area contributed by atoms with E-state index in [-0.39, 0.29) is 31.3 Å². The molecule has 0 spiro atoms. The summed E-state index contributed by atoms with van der Waals surface area (Å²) in [5, 5.41) is 11.2. The molecule has 2 aromatic rings. The van der Waals surface area contributed by atoms with E-state index in [0.29, 0.717) is 24.7 Å². The van der Waals surface area contributed by atoms with Gasteiger partial charge in [0.2, 0.25) is 5.91 Å². The molecule has 24 heavy (non-hydrogen) atoms. The minimum atomic E-state index is -0.302. The van der Waals surface area contributed by atoms with Gasteiger partial charge in [-0.05, 0) is 42.0 Å². The van der Waals surface area contributed by atoms with Crippen molar-refractivity contribution in [1.82, 2.24) is 5.32 Å². The molecule has 0 saturated heterocycles. The van der Waals surface area contributed by atoms with Crippen LogP contribution in [0.1, 0.15) is 5.56 Å². The van der Waals surface area contributed by atoms with E-state index in [9.17, 15) is 9.18 Å². The Morgan fingerprint density at radius 2 is 1.50 bits per heavy atom. The van der Waals surface area contributed by atoms with E-state index >= 15 is 0 Å². The first kappa shape index (κ1) is 17.7. The molecule has 0 aliphatic heterocycles. The number of halogens is 1. The number of rotatable bonds is 9. The largest absolute Gasteiger partial charge is 0.490 e. The molecule has 0 aromatic heterocycles. The lowest BCUT2D eigenvalue weighted by Crippen LogP contribution is -2.27. The van der Waals surface area contributed by atoms with Crippen molar-refractivity contribution in [3.63, 3.8) is 0 Å². The summed E-state index contributed by atoms with van der Waals surface area (Å²) in [6.07, 6.45) is 0.258. The molecule has 1 amide bonds. The molecule has 0 aliphatic rings. The van der Waals surface area contributed by atoms with Crippen LogP contribution in [0, 0.1) is 5.82 Å². The minimum absolute atomic E-state index is 0.0709. The highest BCUT2D eigenvalue weighted by molar-refractivity contribution is 5.78. The van der Waals surface area contributed by atoms with Gasteiger partial charge in [-0.3, -0.25) is 4.79 Å². The van der Waals surface area contributed by atoms with Gasteiger partial charge in [-0.2, -0.15) is 0 Å². The van der Waals surface area contributed by atoms with E-state index in [4.69, 9.17) is 14.6 Å². The van der Waals surface area contributed by atoms with Crippen molar-refractivity contribution in [3.8, 4) is 11.5 Å². The normalized spacial score (nSPS) is 10.2. The number of benzene rings is 2. The highest BCUT2D eigenvalue weighted by atomic mass is 19.1. The van der Waals surface area contributed by atoms with Gasteiger partial charge in [0.25, 0.3) is 0 Å². The summed E-state index contributed by atoms with van der Waals surface area (Å²) in [5.74, 6) is 0.829. The Hall–Kier alpha value is -2.60. The average molecular weight is 333 g/mol. The summed E-state index contributed by atoms with van der Waals surface area (Å²) >= 11 is 0. The van der Waals surface area contributed by atoms with Gasteiger partial charge >= 0.3 is 0 Å². The molecule has 0 unspecified atom stereocenters. The van der Waals surface area contributed by atoms with E-state index in [1.165, 1.54) is 12.1 Å². The number of carbonyl (C=O) groups is 1. The van der Waals surface area contributed by atoms with Crippen LogP contribution in [0.15, 0.2) is 48.5 Å². The van der Waals surface area contributed by atoms with Gasteiger partial charge in [0.05, 0.1) is 13.0 Å². The van der Waals surface area contributed by atoms with Gasteiger partial charge in [-0.1, -0.05) is 12.1 Å². The molecule has 2 N–H and O–H groups in total. The monoisotopic (exact) mass is 333 g/mol. The topological polar surface area (TPSA) is 67.8 Å². The highest BCUT2D eigenvalue weighted by Crippen LogP contribution is 2.14. The first-order chi connectivity index (χ1) is 11.7. The maximum Gasteiger partial charge on any atom is 0.224 e. The van der Waals surface area contributed by atoms with Crippen molar-refractivity contribution in [1.29, 1.82) is 0 Å². The van der Waals surface area contributed by atoms with Crippen molar-refractivity contribution in [2.45, 2.75) is 6.42 Å². The summed E-state index contributed by atoms with van der Waals surface area (Å²) in [6.45, 7) is 0.886. The number of hydrogen-bond donors (Lipinski definition) is 2.